The van der Waals surface area contributed by atoms with E-state index in [9.17, 15) is 4.79 Å². The second-order valence-electron chi connectivity index (χ2n) is 5.86. The number of carbonyl (C=O) groups excluding carboxylic acids is 1. The minimum absolute atomic E-state index is 0.0198. The molecule has 0 bridgehead atoms. The minimum Gasteiger partial charge on any atom is -0.486 e. The second-order valence-corrected chi connectivity index (χ2v) is 5.86. The maximum absolute atomic E-state index is 12.0. The zero-order valence-electron chi connectivity index (χ0n) is 13.9. The average molecular weight is 327 g/mol. The molecule has 0 saturated carbocycles. The standard InChI is InChI=1S/C19H21NO4/c1-13-7-8-16(14(2)9-13)23-12-19(21)20-10-15-11-22-17-5-3-4-6-18(17)24-15/h3-9,15H,10-12H2,1-2H3,(H,20,21)/t15-/m0/s1. The number of para-hydroxylation sites is 2. The van der Waals surface area contributed by atoms with Crippen molar-refractivity contribution < 1.29 is 19.0 Å². The molecule has 2 aromatic rings. The molecule has 1 atom stereocenters. The van der Waals surface area contributed by atoms with E-state index in [4.69, 9.17) is 14.2 Å². The van der Waals surface area contributed by atoms with Gasteiger partial charge in [-0.3, -0.25) is 4.79 Å². The van der Waals surface area contributed by atoms with Crippen molar-refractivity contribution in [3.63, 3.8) is 0 Å². The van der Waals surface area contributed by atoms with Crippen LogP contribution in [0.2, 0.25) is 0 Å². The molecule has 1 N–H and O–H groups in total. The van der Waals surface area contributed by atoms with Gasteiger partial charge in [0.15, 0.2) is 18.1 Å². The Hall–Kier alpha value is -2.69. The van der Waals surface area contributed by atoms with Crippen molar-refractivity contribution >= 4 is 5.91 Å². The van der Waals surface area contributed by atoms with Gasteiger partial charge in [0.1, 0.15) is 18.5 Å². The van der Waals surface area contributed by atoms with E-state index in [1.807, 2.05) is 56.3 Å². The molecular weight excluding hydrogens is 306 g/mol. The molecule has 24 heavy (non-hydrogen) atoms. The average Bonchev–Trinajstić information content (AvgIpc) is 2.59. The quantitative estimate of drug-likeness (QED) is 0.917. The molecule has 126 valence electrons. The van der Waals surface area contributed by atoms with Gasteiger partial charge >= 0.3 is 0 Å². The fourth-order valence-corrected chi connectivity index (χ4v) is 2.55. The fourth-order valence-electron chi connectivity index (χ4n) is 2.55. The lowest BCUT2D eigenvalue weighted by Crippen LogP contribution is -2.42. The summed E-state index contributed by atoms with van der Waals surface area (Å²) in [4.78, 5) is 12.0. The molecule has 1 heterocycles. The molecule has 0 saturated heterocycles. The molecule has 5 heteroatoms. The van der Waals surface area contributed by atoms with Gasteiger partial charge in [0.2, 0.25) is 0 Å². The first kappa shape index (κ1) is 16.2. The normalized spacial score (nSPS) is 15.7. The predicted molar refractivity (Wildman–Crippen MR) is 90.8 cm³/mol. The molecule has 0 unspecified atom stereocenters. The smallest absolute Gasteiger partial charge is 0.258 e. The van der Waals surface area contributed by atoms with Crippen molar-refractivity contribution in [3.05, 3.63) is 53.6 Å². The Balaban J connectivity index is 1.45. The summed E-state index contributed by atoms with van der Waals surface area (Å²) in [5, 5.41) is 2.82. The lowest BCUT2D eigenvalue weighted by molar-refractivity contribution is -0.123. The molecule has 3 rings (SSSR count). The Morgan fingerprint density at radius 2 is 2.00 bits per heavy atom. The Kier molecular flexibility index (Phi) is 4.89. The van der Waals surface area contributed by atoms with Crippen molar-refractivity contribution in [1.82, 2.24) is 5.32 Å². The van der Waals surface area contributed by atoms with E-state index < -0.39 is 0 Å². The number of nitrogens with one attached hydrogen (secondary N) is 1. The van der Waals surface area contributed by atoms with E-state index >= 15 is 0 Å². The van der Waals surface area contributed by atoms with E-state index in [1.165, 1.54) is 5.56 Å². The Bertz CT molecular complexity index is 729. The number of rotatable bonds is 5. The monoisotopic (exact) mass is 327 g/mol. The Labute approximate surface area is 141 Å². The first-order valence-electron chi connectivity index (χ1n) is 7.97. The van der Waals surface area contributed by atoms with E-state index in [1.54, 1.807) is 0 Å². The first-order chi connectivity index (χ1) is 11.6. The van der Waals surface area contributed by atoms with Crippen LogP contribution >= 0.6 is 0 Å². The highest BCUT2D eigenvalue weighted by atomic mass is 16.6. The highest BCUT2D eigenvalue weighted by Gasteiger charge is 2.21. The van der Waals surface area contributed by atoms with Crippen LogP contribution in [0, 0.1) is 13.8 Å². The summed E-state index contributed by atoms with van der Waals surface area (Å²) >= 11 is 0. The molecule has 1 amide bonds. The van der Waals surface area contributed by atoms with Gasteiger partial charge in [-0.25, -0.2) is 0 Å². The van der Waals surface area contributed by atoms with E-state index in [0.29, 0.717) is 18.9 Å². The van der Waals surface area contributed by atoms with Crippen LogP contribution in [-0.4, -0.2) is 31.8 Å². The number of ether oxygens (including phenoxy) is 3. The van der Waals surface area contributed by atoms with Crippen LogP contribution in [0.3, 0.4) is 0 Å². The van der Waals surface area contributed by atoms with Crippen LogP contribution in [0.25, 0.3) is 0 Å². The largest absolute Gasteiger partial charge is 0.486 e. The topological polar surface area (TPSA) is 56.8 Å². The summed E-state index contributed by atoms with van der Waals surface area (Å²) in [5.74, 6) is 1.98. The van der Waals surface area contributed by atoms with E-state index in [0.717, 1.165) is 17.1 Å². The molecule has 5 nitrogen and oxygen atoms in total. The highest BCUT2D eigenvalue weighted by Crippen LogP contribution is 2.30. The lowest BCUT2D eigenvalue weighted by Gasteiger charge is -2.26. The summed E-state index contributed by atoms with van der Waals surface area (Å²) in [6, 6.07) is 13.4. The molecule has 0 aromatic heterocycles. The number of amides is 1. The zero-order valence-corrected chi connectivity index (χ0v) is 13.9. The maximum Gasteiger partial charge on any atom is 0.258 e. The summed E-state index contributed by atoms with van der Waals surface area (Å²) < 4.78 is 17.0. The van der Waals surface area contributed by atoms with Gasteiger partial charge in [0.25, 0.3) is 5.91 Å². The van der Waals surface area contributed by atoms with E-state index in [2.05, 4.69) is 5.32 Å². The second kappa shape index (κ2) is 7.25. The zero-order chi connectivity index (χ0) is 16.9. The van der Waals surface area contributed by atoms with Gasteiger partial charge in [-0.1, -0.05) is 29.8 Å². The highest BCUT2D eigenvalue weighted by molar-refractivity contribution is 5.77. The molecule has 0 spiro atoms. The lowest BCUT2D eigenvalue weighted by atomic mass is 10.1. The summed E-state index contributed by atoms with van der Waals surface area (Å²) in [7, 11) is 0. The van der Waals surface area contributed by atoms with E-state index in [-0.39, 0.29) is 18.6 Å². The molecule has 0 aliphatic carbocycles. The van der Waals surface area contributed by atoms with Gasteiger partial charge in [-0.05, 0) is 37.6 Å². The SMILES string of the molecule is Cc1ccc(OCC(=O)NC[C@H]2COc3ccccc3O2)c(C)c1. The third-order valence-electron chi connectivity index (χ3n) is 3.78. The molecule has 0 fully saturated rings. The van der Waals surface area contributed by atoms with Crippen LogP contribution in [0.1, 0.15) is 11.1 Å². The minimum atomic E-state index is -0.204. The number of fused-ring (bicyclic) bond motifs is 1. The fraction of sp³-hybridized carbons (Fsp3) is 0.316. The summed E-state index contributed by atoms with van der Waals surface area (Å²) in [5.41, 5.74) is 2.18. The number of hydrogen-bond acceptors (Lipinski definition) is 4. The van der Waals surface area contributed by atoms with Crippen molar-refractivity contribution in [3.8, 4) is 17.2 Å². The van der Waals surface area contributed by atoms with Crippen molar-refractivity contribution in [2.75, 3.05) is 19.8 Å². The third-order valence-corrected chi connectivity index (χ3v) is 3.78. The number of aryl methyl sites for hydroxylation is 2. The van der Waals surface area contributed by atoms with Crippen LogP contribution in [0.4, 0.5) is 0 Å². The van der Waals surface area contributed by atoms with Crippen LogP contribution < -0.4 is 19.5 Å². The molecule has 0 radical (unpaired) electrons. The van der Waals surface area contributed by atoms with Gasteiger partial charge in [-0.2, -0.15) is 0 Å². The summed E-state index contributed by atoms with van der Waals surface area (Å²) in [6.45, 7) is 4.76. The number of carbonyl (C=O) groups is 1. The first-order valence-corrected chi connectivity index (χ1v) is 7.97. The molecule has 1 aliphatic heterocycles. The van der Waals surface area contributed by atoms with Crippen LogP contribution in [0.15, 0.2) is 42.5 Å². The number of benzene rings is 2. The summed E-state index contributed by atoms with van der Waals surface area (Å²) in [6.07, 6.45) is -0.204. The maximum atomic E-state index is 12.0. The number of hydrogen-bond donors (Lipinski definition) is 1. The van der Waals surface area contributed by atoms with Gasteiger partial charge < -0.3 is 19.5 Å². The van der Waals surface area contributed by atoms with Crippen LogP contribution in [-0.2, 0) is 4.79 Å². The predicted octanol–water partition coefficient (Wildman–Crippen LogP) is 2.64. The van der Waals surface area contributed by atoms with Gasteiger partial charge in [0, 0.05) is 0 Å². The van der Waals surface area contributed by atoms with Crippen molar-refractivity contribution in [2.24, 2.45) is 0 Å². The molecule has 2 aromatic carbocycles. The molecular formula is C19H21NO4. The van der Waals surface area contributed by atoms with Gasteiger partial charge in [0.05, 0.1) is 6.54 Å². The van der Waals surface area contributed by atoms with Crippen molar-refractivity contribution in [2.45, 2.75) is 20.0 Å². The van der Waals surface area contributed by atoms with Gasteiger partial charge in [-0.15, -0.1) is 0 Å². The van der Waals surface area contributed by atoms with Crippen LogP contribution in [0.5, 0.6) is 17.2 Å². The Morgan fingerprint density at radius 1 is 1.21 bits per heavy atom. The molecule has 1 aliphatic rings. The third kappa shape index (κ3) is 3.98. The van der Waals surface area contributed by atoms with Crippen molar-refractivity contribution in [1.29, 1.82) is 0 Å². The Morgan fingerprint density at radius 3 is 2.79 bits per heavy atom.